The Labute approximate surface area is 164 Å². The molecule has 5 N–H and O–H groups in total. The summed E-state index contributed by atoms with van der Waals surface area (Å²) in [5, 5.41) is 26.9. The largest absolute Gasteiger partial charge is 0.465 e. The summed E-state index contributed by atoms with van der Waals surface area (Å²) >= 11 is 0. The Bertz CT molecular complexity index is 663. The Balaban J connectivity index is 1.92. The van der Waals surface area contributed by atoms with Crippen LogP contribution in [0.2, 0.25) is 0 Å². The van der Waals surface area contributed by atoms with E-state index in [4.69, 9.17) is 5.11 Å². The van der Waals surface area contributed by atoms with Gasteiger partial charge in [0.1, 0.15) is 0 Å². The second-order valence-electron chi connectivity index (χ2n) is 7.42. The van der Waals surface area contributed by atoms with Gasteiger partial charge >= 0.3 is 6.09 Å². The van der Waals surface area contributed by atoms with E-state index < -0.39 is 24.1 Å². The van der Waals surface area contributed by atoms with Gasteiger partial charge in [0, 0.05) is 19.0 Å². The molecule has 1 aromatic carbocycles. The molecule has 1 aliphatic rings. The molecule has 8 nitrogen and oxygen atoms in total. The molecule has 1 aromatic rings. The number of carbonyl (C=O) groups is 3. The number of carboxylic acid groups (broad SMARTS) is 1. The summed E-state index contributed by atoms with van der Waals surface area (Å²) in [6, 6.07) is 8.75. The molecule has 0 radical (unpaired) electrons. The molecule has 0 spiro atoms. The highest BCUT2D eigenvalue weighted by Gasteiger charge is 2.32. The quantitative estimate of drug-likeness (QED) is 0.385. The lowest BCUT2D eigenvalue weighted by molar-refractivity contribution is -0.132. The van der Waals surface area contributed by atoms with Crippen molar-refractivity contribution in [3.8, 4) is 0 Å². The number of hydrogen-bond acceptors (Lipinski definition) is 4. The molecule has 3 atom stereocenters. The van der Waals surface area contributed by atoms with Crippen molar-refractivity contribution in [3.63, 3.8) is 0 Å². The molecule has 0 bridgehead atoms. The minimum Gasteiger partial charge on any atom is -0.465 e. The maximum absolute atomic E-state index is 12.4. The Kier molecular flexibility index (Phi) is 8.25. The number of amides is 3. The van der Waals surface area contributed by atoms with Gasteiger partial charge in [-0.3, -0.25) is 9.59 Å². The van der Waals surface area contributed by atoms with Crippen LogP contribution in [0.25, 0.3) is 0 Å². The van der Waals surface area contributed by atoms with Crippen molar-refractivity contribution in [1.29, 1.82) is 0 Å². The number of benzene rings is 1. The molecule has 1 fully saturated rings. The third-order valence-electron chi connectivity index (χ3n) is 4.67. The lowest BCUT2D eigenvalue weighted by Gasteiger charge is -2.24. The van der Waals surface area contributed by atoms with Crippen LogP contribution >= 0.6 is 0 Å². The first-order valence-electron chi connectivity index (χ1n) is 9.63. The van der Waals surface area contributed by atoms with Crippen LogP contribution in [0, 0.1) is 5.92 Å². The molecule has 154 valence electrons. The van der Waals surface area contributed by atoms with Gasteiger partial charge in [-0.15, -0.1) is 0 Å². The van der Waals surface area contributed by atoms with Gasteiger partial charge in [-0.2, -0.15) is 0 Å². The molecule has 3 amide bonds. The van der Waals surface area contributed by atoms with E-state index in [1.807, 2.05) is 37.3 Å². The molecule has 0 saturated heterocycles. The first-order chi connectivity index (χ1) is 13.3. The molecule has 0 aliphatic heterocycles. The number of rotatable bonds is 11. The monoisotopic (exact) mass is 391 g/mol. The van der Waals surface area contributed by atoms with E-state index in [9.17, 15) is 19.5 Å². The maximum Gasteiger partial charge on any atom is 0.404 e. The molecule has 1 saturated carbocycles. The fourth-order valence-electron chi connectivity index (χ4n) is 2.92. The molecule has 2 unspecified atom stereocenters. The summed E-state index contributed by atoms with van der Waals surface area (Å²) in [7, 11) is 0. The first-order valence-corrected chi connectivity index (χ1v) is 9.63. The SMILES string of the molecule is CC(CCNC(=O)O)CC(=O)N[C@@H](Cc1ccccc1)C(O)C(=O)NC1CC1. The predicted molar refractivity (Wildman–Crippen MR) is 104 cm³/mol. The molecule has 0 aromatic heterocycles. The second kappa shape index (κ2) is 10.7. The average Bonchev–Trinajstić information content (AvgIpc) is 3.45. The number of aliphatic hydroxyl groups is 1. The molecule has 0 heterocycles. The molecule has 2 rings (SSSR count). The number of hydrogen-bond donors (Lipinski definition) is 5. The fourth-order valence-corrected chi connectivity index (χ4v) is 2.92. The van der Waals surface area contributed by atoms with Crippen LogP contribution in [-0.2, 0) is 16.0 Å². The van der Waals surface area contributed by atoms with Gasteiger partial charge in [-0.25, -0.2) is 4.79 Å². The van der Waals surface area contributed by atoms with Crippen LogP contribution in [0.5, 0.6) is 0 Å². The van der Waals surface area contributed by atoms with Crippen molar-refractivity contribution in [1.82, 2.24) is 16.0 Å². The zero-order valence-electron chi connectivity index (χ0n) is 16.1. The van der Waals surface area contributed by atoms with Gasteiger partial charge in [0.25, 0.3) is 5.91 Å². The van der Waals surface area contributed by atoms with Crippen molar-refractivity contribution in [3.05, 3.63) is 35.9 Å². The van der Waals surface area contributed by atoms with Crippen LogP contribution in [0.15, 0.2) is 30.3 Å². The Hall–Kier alpha value is -2.61. The van der Waals surface area contributed by atoms with Gasteiger partial charge in [0.15, 0.2) is 6.10 Å². The Morgan fingerprint density at radius 3 is 2.46 bits per heavy atom. The molecule has 28 heavy (non-hydrogen) atoms. The highest BCUT2D eigenvalue weighted by molar-refractivity contribution is 5.83. The van der Waals surface area contributed by atoms with Gasteiger partial charge in [0.05, 0.1) is 6.04 Å². The summed E-state index contributed by atoms with van der Waals surface area (Å²) in [5.41, 5.74) is 0.907. The summed E-state index contributed by atoms with van der Waals surface area (Å²) in [6.07, 6.45) is 0.433. The summed E-state index contributed by atoms with van der Waals surface area (Å²) in [6.45, 7) is 2.12. The van der Waals surface area contributed by atoms with Crippen LogP contribution in [0.4, 0.5) is 4.79 Å². The lowest BCUT2D eigenvalue weighted by atomic mass is 9.99. The van der Waals surface area contributed by atoms with E-state index in [-0.39, 0.29) is 30.8 Å². The fraction of sp³-hybridized carbons (Fsp3) is 0.550. The maximum atomic E-state index is 12.4. The van der Waals surface area contributed by atoms with E-state index in [0.29, 0.717) is 12.8 Å². The predicted octanol–water partition coefficient (Wildman–Crippen LogP) is 1.04. The first kappa shape index (κ1) is 21.7. The number of carbonyl (C=O) groups excluding carboxylic acids is 2. The second-order valence-corrected chi connectivity index (χ2v) is 7.42. The third-order valence-corrected chi connectivity index (χ3v) is 4.67. The van der Waals surface area contributed by atoms with Crippen LogP contribution in [0.3, 0.4) is 0 Å². The Morgan fingerprint density at radius 2 is 1.86 bits per heavy atom. The van der Waals surface area contributed by atoms with Crippen molar-refractivity contribution >= 4 is 17.9 Å². The summed E-state index contributed by atoms with van der Waals surface area (Å²) < 4.78 is 0. The van der Waals surface area contributed by atoms with E-state index in [0.717, 1.165) is 18.4 Å². The van der Waals surface area contributed by atoms with Crippen molar-refractivity contribution in [2.45, 2.75) is 57.2 Å². The zero-order chi connectivity index (χ0) is 20.5. The smallest absolute Gasteiger partial charge is 0.404 e. The minimum atomic E-state index is -1.34. The van der Waals surface area contributed by atoms with Crippen LogP contribution in [0.1, 0.15) is 38.2 Å². The van der Waals surface area contributed by atoms with Crippen LogP contribution < -0.4 is 16.0 Å². The highest BCUT2D eigenvalue weighted by atomic mass is 16.4. The van der Waals surface area contributed by atoms with E-state index in [2.05, 4.69) is 16.0 Å². The number of aliphatic hydroxyl groups excluding tert-OH is 1. The molecule has 8 heteroatoms. The van der Waals surface area contributed by atoms with E-state index in [1.54, 1.807) is 0 Å². The molecule has 1 aliphatic carbocycles. The van der Waals surface area contributed by atoms with Gasteiger partial charge in [-0.05, 0) is 37.2 Å². The third kappa shape index (κ3) is 7.96. The van der Waals surface area contributed by atoms with Gasteiger partial charge in [0.2, 0.25) is 5.91 Å². The molecular formula is C20H29N3O5. The summed E-state index contributed by atoms with van der Waals surface area (Å²) in [5.74, 6) is -0.786. The zero-order valence-corrected chi connectivity index (χ0v) is 16.1. The van der Waals surface area contributed by atoms with E-state index in [1.165, 1.54) is 0 Å². The van der Waals surface area contributed by atoms with Gasteiger partial charge < -0.3 is 26.2 Å². The number of nitrogens with one attached hydrogen (secondary N) is 3. The lowest BCUT2D eigenvalue weighted by Crippen LogP contribution is -2.52. The minimum absolute atomic E-state index is 0.0401. The van der Waals surface area contributed by atoms with Crippen molar-refractivity contribution < 1.29 is 24.6 Å². The standard InChI is InChI=1S/C20H29N3O5/c1-13(9-10-21-20(27)28)11-17(24)23-16(12-14-5-3-2-4-6-14)18(25)19(26)22-15-7-8-15/h2-6,13,15-16,18,21,25H,7-12H2,1H3,(H,22,26)(H,23,24)(H,27,28)/t13?,16-,18?/m0/s1. The van der Waals surface area contributed by atoms with Gasteiger partial charge in [-0.1, -0.05) is 37.3 Å². The highest BCUT2D eigenvalue weighted by Crippen LogP contribution is 2.19. The van der Waals surface area contributed by atoms with Crippen molar-refractivity contribution in [2.75, 3.05) is 6.54 Å². The van der Waals surface area contributed by atoms with Crippen molar-refractivity contribution in [2.24, 2.45) is 5.92 Å². The van der Waals surface area contributed by atoms with Crippen LogP contribution in [-0.4, -0.2) is 52.9 Å². The topological polar surface area (TPSA) is 128 Å². The summed E-state index contributed by atoms with van der Waals surface area (Å²) in [4.78, 5) is 35.2. The normalized spacial score (nSPS) is 16.5. The Morgan fingerprint density at radius 1 is 1.18 bits per heavy atom. The van der Waals surface area contributed by atoms with E-state index >= 15 is 0 Å². The average molecular weight is 391 g/mol. The molecular weight excluding hydrogens is 362 g/mol.